The molecule has 6 heteroatoms. The van der Waals surface area contributed by atoms with Crippen molar-refractivity contribution in [3.63, 3.8) is 0 Å². The van der Waals surface area contributed by atoms with E-state index in [0.717, 1.165) is 11.3 Å². The number of carbonyl (C=O) groups is 1. The van der Waals surface area contributed by atoms with E-state index in [9.17, 15) is 4.79 Å². The van der Waals surface area contributed by atoms with Gasteiger partial charge in [-0.15, -0.1) is 0 Å². The predicted molar refractivity (Wildman–Crippen MR) is 86.4 cm³/mol. The number of nitrogens with one attached hydrogen (secondary N) is 2. The zero-order valence-corrected chi connectivity index (χ0v) is 13.3. The zero-order valence-electron chi connectivity index (χ0n) is 12.4. The molecule has 2 rings (SSSR count). The maximum Gasteiger partial charge on any atom is 0.251 e. The van der Waals surface area contributed by atoms with Crippen LogP contribution in [0, 0.1) is 6.92 Å². The Morgan fingerprint density at radius 2 is 2.14 bits per heavy atom. The van der Waals surface area contributed by atoms with Crippen LogP contribution in [0.3, 0.4) is 0 Å². The van der Waals surface area contributed by atoms with Gasteiger partial charge in [0.25, 0.3) is 5.91 Å². The highest BCUT2D eigenvalue weighted by atomic mass is 32.1. The third-order valence-electron chi connectivity index (χ3n) is 3.25. The third-order valence-corrected chi connectivity index (χ3v) is 4.16. The molecular weight excluding hydrogens is 284 g/mol. The SMILES string of the molecule is Cc1cscc1CNC(=O)c1cc(NN)nc(C(C)C)c1. The Morgan fingerprint density at radius 3 is 2.71 bits per heavy atom. The van der Waals surface area contributed by atoms with Crippen molar-refractivity contribution in [1.29, 1.82) is 0 Å². The average molecular weight is 304 g/mol. The van der Waals surface area contributed by atoms with Crippen molar-refractivity contribution < 1.29 is 4.79 Å². The second-order valence-corrected chi connectivity index (χ2v) is 5.97. The first kappa shape index (κ1) is 15.5. The molecule has 112 valence electrons. The fraction of sp³-hybridized carbons (Fsp3) is 0.333. The second-order valence-electron chi connectivity index (χ2n) is 5.23. The monoisotopic (exact) mass is 304 g/mol. The molecular formula is C15H20N4OS. The Morgan fingerprint density at radius 1 is 1.38 bits per heavy atom. The molecule has 0 radical (unpaired) electrons. The van der Waals surface area contributed by atoms with Gasteiger partial charge in [-0.2, -0.15) is 11.3 Å². The minimum Gasteiger partial charge on any atom is -0.348 e. The van der Waals surface area contributed by atoms with Crippen LogP contribution in [0.5, 0.6) is 0 Å². The van der Waals surface area contributed by atoms with E-state index in [0.29, 0.717) is 17.9 Å². The van der Waals surface area contributed by atoms with Gasteiger partial charge in [-0.05, 0) is 46.9 Å². The van der Waals surface area contributed by atoms with Crippen LogP contribution in [0.15, 0.2) is 22.9 Å². The van der Waals surface area contributed by atoms with Gasteiger partial charge >= 0.3 is 0 Å². The van der Waals surface area contributed by atoms with E-state index in [4.69, 9.17) is 5.84 Å². The molecule has 0 aliphatic carbocycles. The zero-order chi connectivity index (χ0) is 15.4. The van der Waals surface area contributed by atoms with Crippen molar-refractivity contribution in [2.75, 3.05) is 5.43 Å². The van der Waals surface area contributed by atoms with Crippen LogP contribution in [0.2, 0.25) is 0 Å². The number of aromatic nitrogens is 1. The number of thiophene rings is 1. The number of pyridine rings is 1. The Kier molecular flexibility index (Phi) is 4.93. The third kappa shape index (κ3) is 3.80. The molecule has 0 saturated heterocycles. The number of rotatable bonds is 5. The van der Waals surface area contributed by atoms with E-state index in [1.807, 2.05) is 20.8 Å². The number of carbonyl (C=O) groups excluding carboxylic acids is 1. The second kappa shape index (κ2) is 6.69. The largest absolute Gasteiger partial charge is 0.348 e. The van der Waals surface area contributed by atoms with Crippen LogP contribution in [-0.4, -0.2) is 10.9 Å². The fourth-order valence-corrected chi connectivity index (χ4v) is 2.76. The number of anilines is 1. The maximum absolute atomic E-state index is 12.3. The number of nitrogens with two attached hydrogens (primary N) is 1. The van der Waals surface area contributed by atoms with Crippen LogP contribution in [0.25, 0.3) is 0 Å². The Bertz CT molecular complexity index is 636. The summed E-state index contributed by atoms with van der Waals surface area (Å²) < 4.78 is 0. The molecule has 4 N–H and O–H groups in total. The summed E-state index contributed by atoms with van der Waals surface area (Å²) in [6.07, 6.45) is 0. The lowest BCUT2D eigenvalue weighted by Crippen LogP contribution is -2.24. The van der Waals surface area contributed by atoms with Gasteiger partial charge in [0.1, 0.15) is 5.82 Å². The van der Waals surface area contributed by atoms with Gasteiger partial charge < -0.3 is 10.7 Å². The number of nitrogen functional groups attached to an aromatic ring is 1. The van der Waals surface area contributed by atoms with E-state index in [1.54, 1.807) is 23.5 Å². The van der Waals surface area contributed by atoms with Gasteiger partial charge in [0.05, 0.1) is 0 Å². The summed E-state index contributed by atoms with van der Waals surface area (Å²) in [7, 11) is 0. The molecule has 0 saturated carbocycles. The summed E-state index contributed by atoms with van der Waals surface area (Å²) in [6, 6.07) is 3.46. The molecule has 1 amide bonds. The number of aryl methyl sites for hydroxylation is 1. The molecule has 0 aliphatic heterocycles. The quantitative estimate of drug-likeness (QED) is 0.586. The number of hydrogen-bond acceptors (Lipinski definition) is 5. The van der Waals surface area contributed by atoms with Crippen LogP contribution >= 0.6 is 11.3 Å². The maximum atomic E-state index is 12.3. The van der Waals surface area contributed by atoms with E-state index in [2.05, 4.69) is 26.5 Å². The minimum absolute atomic E-state index is 0.124. The molecule has 0 bridgehead atoms. The number of nitrogens with zero attached hydrogens (tertiary/aromatic N) is 1. The molecule has 5 nitrogen and oxygen atoms in total. The van der Waals surface area contributed by atoms with Crippen molar-refractivity contribution >= 4 is 23.1 Å². The molecule has 2 aromatic heterocycles. The van der Waals surface area contributed by atoms with Crippen LogP contribution in [-0.2, 0) is 6.54 Å². The van der Waals surface area contributed by atoms with Gasteiger partial charge in [-0.25, -0.2) is 10.8 Å². The Balaban J connectivity index is 2.14. The van der Waals surface area contributed by atoms with Gasteiger partial charge in [-0.3, -0.25) is 4.79 Å². The molecule has 0 spiro atoms. The van der Waals surface area contributed by atoms with Gasteiger partial charge in [0.2, 0.25) is 0 Å². The first-order chi connectivity index (χ1) is 10.0. The molecule has 0 aromatic carbocycles. The molecule has 2 aromatic rings. The van der Waals surface area contributed by atoms with Crippen LogP contribution in [0.1, 0.15) is 46.9 Å². The first-order valence-corrected chi connectivity index (χ1v) is 7.74. The standard InChI is InChI=1S/C15H20N4OS/c1-9(2)13-4-11(5-14(18-13)19-16)15(20)17-6-12-8-21-7-10(12)3/h4-5,7-9H,6,16H2,1-3H3,(H,17,20)(H,18,19). The van der Waals surface area contributed by atoms with Crippen molar-refractivity contribution in [3.05, 3.63) is 45.3 Å². The summed E-state index contributed by atoms with van der Waals surface area (Å²) >= 11 is 1.64. The highest BCUT2D eigenvalue weighted by Crippen LogP contribution is 2.18. The lowest BCUT2D eigenvalue weighted by atomic mass is 10.1. The summed E-state index contributed by atoms with van der Waals surface area (Å²) in [6.45, 7) is 6.62. The van der Waals surface area contributed by atoms with E-state index < -0.39 is 0 Å². The molecule has 0 aliphatic rings. The van der Waals surface area contributed by atoms with E-state index >= 15 is 0 Å². The average Bonchev–Trinajstić information content (AvgIpc) is 2.89. The van der Waals surface area contributed by atoms with Crippen molar-refractivity contribution in [2.45, 2.75) is 33.2 Å². The van der Waals surface area contributed by atoms with Crippen molar-refractivity contribution in [3.8, 4) is 0 Å². The number of amides is 1. The lowest BCUT2D eigenvalue weighted by molar-refractivity contribution is 0.0950. The van der Waals surface area contributed by atoms with Gasteiger partial charge in [-0.1, -0.05) is 13.8 Å². The summed E-state index contributed by atoms with van der Waals surface area (Å²) in [5, 5.41) is 7.05. The molecule has 0 unspecified atom stereocenters. The summed E-state index contributed by atoms with van der Waals surface area (Å²) in [5.74, 6) is 6.02. The number of hydrogen-bond donors (Lipinski definition) is 3. The normalized spacial score (nSPS) is 10.7. The lowest BCUT2D eigenvalue weighted by Gasteiger charge is -2.11. The van der Waals surface area contributed by atoms with E-state index in [-0.39, 0.29) is 11.8 Å². The van der Waals surface area contributed by atoms with Crippen LogP contribution < -0.4 is 16.6 Å². The van der Waals surface area contributed by atoms with E-state index in [1.165, 1.54) is 5.56 Å². The van der Waals surface area contributed by atoms with Gasteiger partial charge in [0.15, 0.2) is 0 Å². The summed E-state index contributed by atoms with van der Waals surface area (Å²) in [4.78, 5) is 16.6. The topological polar surface area (TPSA) is 80.0 Å². The smallest absolute Gasteiger partial charge is 0.251 e. The first-order valence-electron chi connectivity index (χ1n) is 6.79. The molecule has 21 heavy (non-hydrogen) atoms. The Hall–Kier alpha value is -1.92. The van der Waals surface area contributed by atoms with Crippen molar-refractivity contribution in [2.24, 2.45) is 5.84 Å². The fourth-order valence-electron chi connectivity index (χ4n) is 1.90. The minimum atomic E-state index is -0.124. The molecule has 0 atom stereocenters. The molecule has 2 heterocycles. The number of hydrazine groups is 1. The predicted octanol–water partition coefficient (Wildman–Crippen LogP) is 2.79. The van der Waals surface area contributed by atoms with Gasteiger partial charge in [0, 0.05) is 17.8 Å². The highest BCUT2D eigenvalue weighted by molar-refractivity contribution is 7.08. The molecule has 0 fully saturated rings. The van der Waals surface area contributed by atoms with Crippen LogP contribution in [0.4, 0.5) is 5.82 Å². The Labute approximate surface area is 128 Å². The summed E-state index contributed by atoms with van der Waals surface area (Å²) in [5.41, 5.74) is 6.25. The van der Waals surface area contributed by atoms with Crippen molar-refractivity contribution in [1.82, 2.24) is 10.3 Å². The highest BCUT2D eigenvalue weighted by Gasteiger charge is 2.12.